The number of amides is 1. The Kier molecular flexibility index (Phi) is 5.82. The highest BCUT2D eigenvalue weighted by Crippen LogP contribution is 2.21. The van der Waals surface area contributed by atoms with Gasteiger partial charge in [0.2, 0.25) is 0 Å². The molecular formula is C13H22N3O6S-. The highest BCUT2D eigenvalue weighted by Gasteiger charge is 2.36. The topological polar surface area (TPSA) is 110 Å². The number of carbonyl (C=O) groups is 2. The number of rotatable bonds is 4. The summed E-state index contributed by atoms with van der Waals surface area (Å²) in [4.78, 5) is 24.1. The van der Waals surface area contributed by atoms with Crippen LogP contribution < -0.4 is 5.11 Å². The molecule has 2 rings (SSSR count). The summed E-state index contributed by atoms with van der Waals surface area (Å²) in [6, 6.07) is 0. The number of piperidine rings is 1. The molecule has 0 aliphatic carbocycles. The van der Waals surface area contributed by atoms with Crippen LogP contribution in [0.1, 0.15) is 19.8 Å². The number of hydrogen-bond donors (Lipinski definition) is 0. The standard InChI is InChI=1S/C13H23N3O6S/c1-2-22-13(19)14-6-8-15(9-7-14)23(20,21)16-5-3-4-11(10-16)12(17)18/h11H,2-10H2,1H3,(H,17,18)/p-1. The number of carbonyl (C=O) groups excluding carboxylic acids is 2. The number of ether oxygens (including phenoxy) is 1. The molecule has 2 fully saturated rings. The third kappa shape index (κ3) is 4.12. The van der Waals surface area contributed by atoms with E-state index in [9.17, 15) is 23.1 Å². The maximum absolute atomic E-state index is 12.6. The molecule has 0 aromatic carbocycles. The molecule has 2 aliphatic heterocycles. The van der Waals surface area contributed by atoms with Crippen LogP contribution in [0.3, 0.4) is 0 Å². The van der Waals surface area contributed by atoms with Crippen LogP contribution in [-0.4, -0.2) is 79.9 Å². The first-order valence-corrected chi connectivity index (χ1v) is 9.13. The zero-order valence-corrected chi connectivity index (χ0v) is 14.0. The lowest BCUT2D eigenvalue weighted by Crippen LogP contribution is -2.56. The second-order valence-electron chi connectivity index (χ2n) is 5.61. The lowest BCUT2D eigenvalue weighted by Gasteiger charge is -2.39. The Hall–Kier alpha value is -1.39. The molecule has 0 saturated carbocycles. The third-order valence-corrected chi connectivity index (χ3v) is 6.14. The van der Waals surface area contributed by atoms with Gasteiger partial charge in [0.25, 0.3) is 10.2 Å². The SMILES string of the molecule is CCOC(=O)N1CCN(S(=O)(=O)N2CCCC(C(=O)[O-])C2)CC1. The number of carboxylic acids is 1. The van der Waals surface area contributed by atoms with E-state index in [-0.39, 0.29) is 39.3 Å². The van der Waals surface area contributed by atoms with Gasteiger partial charge in [0, 0.05) is 51.2 Å². The maximum atomic E-state index is 12.6. The van der Waals surface area contributed by atoms with E-state index in [2.05, 4.69) is 0 Å². The molecule has 9 nitrogen and oxygen atoms in total. The summed E-state index contributed by atoms with van der Waals surface area (Å²) in [5, 5.41) is 11.0. The third-order valence-electron chi connectivity index (χ3n) is 4.13. The quantitative estimate of drug-likeness (QED) is 0.609. The predicted molar refractivity (Wildman–Crippen MR) is 78.4 cm³/mol. The normalized spacial score (nSPS) is 24.4. The average Bonchev–Trinajstić information content (AvgIpc) is 2.55. The first kappa shape index (κ1) is 18.0. The number of aliphatic carboxylic acids is 1. The van der Waals surface area contributed by atoms with Crippen molar-refractivity contribution in [3.8, 4) is 0 Å². The smallest absolute Gasteiger partial charge is 0.409 e. The molecule has 0 bridgehead atoms. The molecule has 0 aromatic rings. The minimum absolute atomic E-state index is 0.0528. The monoisotopic (exact) mass is 348 g/mol. The summed E-state index contributed by atoms with van der Waals surface area (Å²) < 4.78 is 32.6. The van der Waals surface area contributed by atoms with Crippen molar-refractivity contribution in [3.05, 3.63) is 0 Å². The van der Waals surface area contributed by atoms with Crippen molar-refractivity contribution in [1.82, 2.24) is 13.5 Å². The molecule has 0 spiro atoms. The van der Waals surface area contributed by atoms with Gasteiger partial charge in [0.15, 0.2) is 0 Å². The highest BCUT2D eigenvalue weighted by atomic mass is 32.2. The molecule has 0 N–H and O–H groups in total. The molecule has 2 aliphatic rings. The van der Waals surface area contributed by atoms with Crippen LogP contribution in [0.5, 0.6) is 0 Å². The fourth-order valence-corrected chi connectivity index (χ4v) is 4.50. The van der Waals surface area contributed by atoms with E-state index >= 15 is 0 Å². The zero-order chi connectivity index (χ0) is 17.0. The Morgan fingerprint density at radius 2 is 1.78 bits per heavy atom. The van der Waals surface area contributed by atoms with Gasteiger partial charge in [-0.1, -0.05) is 0 Å². The van der Waals surface area contributed by atoms with E-state index in [1.54, 1.807) is 6.92 Å². The number of piperazine rings is 1. The first-order chi connectivity index (χ1) is 10.9. The van der Waals surface area contributed by atoms with E-state index in [0.717, 1.165) is 0 Å². The molecule has 10 heteroatoms. The Labute approximate surface area is 136 Å². The molecule has 1 atom stereocenters. The van der Waals surface area contributed by atoms with Crippen LogP contribution in [0.2, 0.25) is 0 Å². The first-order valence-electron chi connectivity index (χ1n) is 7.74. The minimum atomic E-state index is -3.72. The maximum Gasteiger partial charge on any atom is 0.409 e. The molecule has 1 unspecified atom stereocenters. The van der Waals surface area contributed by atoms with Crippen LogP contribution in [0, 0.1) is 5.92 Å². The van der Waals surface area contributed by atoms with E-state index in [1.807, 2.05) is 0 Å². The Morgan fingerprint density at radius 1 is 1.13 bits per heavy atom. The van der Waals surface area contributed by atoms with Gasteiger partial charge in [-0.15, -0.1) is 0 Å². The van der Waals surface area contributed by atoms with Gasteiger partial charge < -0.3 is 19.5 Å². The van der Waals surface area contributed by atoms with Gasteiger partial charge in [0.05, 0.1) is 6.61 Å². The molecule has 0 radical (unpaired) electrons. The lowest BCUT2D eigenvalue weighted by atomic mass is 10.0. The van der Waals surface area contributed by atoms with Crippen molar-refractivity contribution in [3.63, 3.8) is 0 Å². The van der Waals surface area contributed by atoms with Gasteiger partial charge in [0.1, 0.15) is 0 Å². The molecule has 2 saturated heterocycles. The van der Waals surface area contributed by atoms with Gasteiger partial charge in [-0.25, -0.2) is 4.79 Å². The fourth-order valence-electron chi connectivity index (χ4n) is 2.82. The summed E-state index contributed by atoms with van der Waals surface area (Å²) in [7, 11) is -3.72. The molecule has 0 aromatic heterocycles. The van der Waals surface area contributed by atoms with Crippen LogP contribution in [0.25, 0.3) is 0 Å². The molecule has 132 valence electrons. The summed E-state index contributed by atoms with van der Waals surface area (Å²) in [6.45, 7) is 3.11. The summed E-state index contributed by atoms with van der Waals surface area (Å²) >= 11 is 0. The van der Waals surface area contributed by atoms with Crippen molar-refractivity contribution in [2.24, 2.45) is 5.92 Å². The Balaban J connectivity index is 1.96. The van der Waals surface area contributed by atoms with E-state index in [0.29, 0.717) is 19.4 Å². The van der Waals surface area contributed by atoms with E-state index in [4.69, 9.17) is 4.74 Å². The van der Waals surface area contributed by atoms with Crippen molar-refractivity contribution in [2.75, 3.05) is 45.9 Å². The fraction of sp³-hybridized carbons (Fsp3) is 0.846. The van der Waals surface area contributed by atoms with Gasteiger partial charge >= 0.3 is 6.09 Å². The lowest BCUT2D eigenvalue weighted by molar-refractivity contribution is -0.312. The van der Waals surface area contributed by atoms with Crippen LogP contribution in [0.15, 0.2) is 0 Å². The van der Waals surface area contributed by atoms with Crippen LogP contribution in [0.4, 0.5) is 4.79 Å². The Bertz CT molecular complexity index is 544. The van der Waals surface area contributed by atoms with Gasteiger partial charge in [-0.2, -0.15) is 17.0 Å². The van der Waals surface area contributed by atoms with Crippen molar-refractivity contribution in [2.45, 2.75) is 19.8 Å². The molecule has 23 heavy (non-hydrogen) atoms. The largest absolute Gasteiger partial charge is 0.550 e. The average molecular weight is 348 g/mol. The number of hydrogen-bond acceptors (Lipinski definition) is 6. The number of nitrogens with zero attached hydrogens (tertiary/aromatic N) is 3. The highest BCUT2D eigenvalue weighted by molar-refractivity contribution is 7.86. The molecule has 1 amide bonds. The Morgan fingerprint density at radius 3 is 2.35 bits per heavy atom. The van der Waals surface area contributed by atoms with E-state index < -0.39 is 28.2 Å². The minimum Gasteiger partial charge on any atom is -0.550 e. The van der Waals surface area contributed by atoms with Gasteiger partial charge in [-0.3, -0.25) is 0 Å². The number of carboxylic acid groups (broad SMARTS) is 1. The zero-order valence-electron chi connectivity index (χ0n) is 13.1. The summed E-state index contributed by atoms with van der Waals surface area (Å²) in [5.74, 6) is -1.98. The van der Waals surface area contributed by atoms with Crippen molar-refractivity contribution in [1.29, 1.82) is 0 Å². The molecule has 2 heterocycles. The molecular weight excluding hydrogens is 326 g/mol. The van der Waals surface area contributed by atoms with Gasteiger partial charge in [-0.05, 0) is 19.8 Å². The van der Waals surface area contributed by atoms with Crippen molar-refractivity contribution >= 4 is 22.3 Å². The van der Waals surface area contributed by atoms with Crippen LogP contribution >= 0.6 is 0 Å². The second kappa shape index (κ2) is 7.45. The van der Waals surface area contributed by atoms with E-state index in [1.165, 1.54) is 13.5 Å². The summed E-state index contributed by atoms with van der Waals surface area (Å²) in [6.07, 6.45) is 0.491. The van der Waals surface area contributed by atoms with Crippen LogP contribution in [-0.2, 0) is 19.7 Å². The predicted octanol–water partition coefficient (Wildman–Crippen LogP) is -1.53. The summed E-state index contributed by atoms with van der Waals surface area (Å²) in [5.41, 5.74) is 0. The van der Waals surface area contributed by atoms with Crippen molar-refractivity contribution < 1.29 is 27.9 Å². The second-order valence-corrected chi connectivity index (χ2v) is 7.54.